The maximum atomic E-state index is 13.2. The van der Waals surface area contributed by atoms with Crippen molar-refractivity contribution in [2.45, 2.75) is 20.0 Å². The second-order valence-electron chi connectivity index (χ2n) is 8.97. The SMILES string of the molecule is C=CCn1c(/C=C/c2c(C)nn3c(=O)c4ccccc4n(C)c23)[n+](CC=C)c2nc3ccccc3nc21. The quantitative estimate of drug-likeness (QED) is 0.260. The van der Waals surface area contributed by atoms with Gasteiger partial charge in [-0.2, -0.15) is 9.61 Å². The van der Waals surface area contributed by atoms with Crippen LogP contribution in [0.5, 0.6) is 0 Å². The zero-order valence-electron chi connectivity index (χ0n) is 20.8. The Kier molecular flexibility index (Phi) is 5.30. The Bertz CT molecular complexity index is 1900. The third-order valence-electron chi connectivity index (χ3n) is 6.71. The van der Waals surface area contributed by atoms with E-state index in [0.717, 1.165) is 50.6 Å². The van der Waals surface area contributed by atoms with Crippen molar-refractivity contribution < 1.29 is 4.57 Å². The van der Waals surface area contributed by atoms with Crippen LogP contribution in [0, 0.1) is 6.92 Å². The van der Waals surface area contributed by atoms with E-state index in [0.29, 0.717) is 18.5 Å². The second-order valence-corrected chi connectivity index (χ2v) is 8.97. The minimum atomic E-state index is -0.131. The fourth-order valence-corrected chi connectivity index (χ4v) is 5.02. The van der Waals surface area contributed by atoms with Gasteiger partial charge in [-0.25, -0.2) is 14.1 Å². The minimum Gasteiger partial charge on any atom is -0.328 e. The van der Waals surface area contributed by atoms with Crippen LogP contribution in [0.3, 0.4) is 0 Å². The van der Waals surface area contributed by atoms with Crippen molar-refractivity contribution in [2.75, 3.05) is 0 Å². The molecule has 2 aromatic carbocycles. The van der Waals surface area contributed by atoms with Crippen LogP contribution in [-0.2, 0) is 20.1 Å². The van der Waals surface area contributed by atoms with E-state index in [-0.39, 0.29) is 5.56 Å². The van der Waals surface area contributed by atoms with Gasteiger partial charge in [0.1, 0.15) is 11.2 Å². The molecule has 4 aromatic heterocycles. The summed E-state index contributed by atoms with van der Waals surface area (Å²) in [6, 6.07) is 15.4. The zero-order chi connectivity index (χ0) is 25.7. The third-order valence-corrected chi connectivity index (χ3v) is 6.71. The molecule has 0 aliphatic heterocycles. The van der Waals surface area contributed by atoms with Crippen LogP contribution in [0.2, 0.25) is 0 Å². The van der Waals surface area contributed by atoms with Gasteiger partial charge in [0, 0.05) is 18.7 Å². The maximum Gasteiger partial charge on any atom is 0.323 e. The fourth-order valence-electron chi connectivity index (χ4n) is 5.02. The van der Waals surface area contributed by atoms with Crippen molar-refractivity contribution in [3.05, 3.63) is 101 Å². The second kappa shape index (κ2) is 8.67. The van der Waals surface area contributed by atoms with E-state index in [1.165, 1.54) is 4.52 Å². The number of rotatable bonds is 6. The Balaban J connectivity index is 1.63. The Hall–Kier alpha value is -4.85. The van der Waals surface area contributed by atoms with Gasteiger partial charge < -0.3 is 4.57 Å². The predicted molar refractivity (Wildman–Crippen MR) is 147 cm³/mol. The van der Waals surface area contributed by atoms with Crippen molar-refractivity contribution in [3.63, 3.8) is 0 Å². The van der Waals surface area contributed by atoms with E-state index in [4.69, 9.17) is 9.97 Å². The average molecular weight is 489 g/mol. The van der Waals surface area contributed by atoms with Crippen LogP contribution in [0.4, 0.5) is 0 Å². The number of benzene rings is 2. The van der Waals surface area contributed by atoms with Crippen molar-refractivity contribution in [2.24, 2.45) is 7.05 Å². The highest BCUT2D eigenvalue weighted by atomic mass is 16.1. The number of aromatic nitrogens is 7. The Labute approximate surface area is 212 Å². The molecule has 0 radical (unpaired) electrons. The Morgan fingerprint density at radius 2 is 1.70 bits per heavy atom. The molecule has 4 heterocycles. The molecule has 0 amide bonds. The first-order valence-corrected chi connectivity index (χ1v) is 12.1. The molecular formula is C29H26N7O+. The lowest BCUT2D eigenvalue weighted by Crippen LogP contribution is -2.36. The topological polar surface area (TPSA) is 73.9 Å². The number of para-hydroxylation sites is 3. The molecule has 0 bridgehead atoms. The highest BCUT2D eigenvalue weighted by molar-refractivity contribution is 5.86. The maximum absolute atomic E-state index is 13.2. The summed E-state index contributed by atoms with van der Waals surface area (Å²) < 4.78 is 7.70. The molecule has 0 atom stereocenters. The normalized spacial score (nSPS) is 11.9. The first-order chi connectivity index (χ1) is 18.0. The number of aryl methyl sites for hydroxylation is 2. The lowest BCUT2D eigenvalue weighted by Gasteiger charge is -2.08. The highest BCUT2D eigenvalue weighted by Crippen LogP contribution is 2.22. The minimum absolute atomic E-state index is 0.131. The smallest absolute Gasteiger partial charge is 0.323 e. The largest absolute Gasteiger partial charge is 0.328 e. The number of hydrogen-bond acceptors (Lipinski definition) is 4. The molecule has 0 fully saturated rings. The van der Waals surface area contributed by atoms with Crippen LogP contribution < -0.4 is 10.1 Å². The number of fused-ring (bicyclic) bond motifs is 4. The monoisotopic (exact) mass is 488 g/mol. The van der Waals surface area contributed by atoms with Gasteiger partial charge >= 0.3 is 5.65 Å². The van der Waals surface area contributed by atoms with E-state index in [1.54, 1.807) is 0 Å². The highest BCUT2D eigenvalue weighted by Gasteiger charge is 2.25. The summed E-state index contributed by atoms with van der Waals surface area (Å²) in [6.07, 6.45) is 7.74. The van der Waals surface area contributed by atoms with Gasteiger partial charge in [0.05, 0.1) is 29.7 Å². The summed E-state index contributed by atoms with van der Waals surface area (Å²) in [5.41, 5.74) is 6.32. The van der Waals surface area contributed by atoms with Gasteiger partial charge in [-0.15, -0.1) is 0 Å². The summed E-state index contributed by atoms with van der Waals surface area (Å²) in [6.45, 7) is 11.0. The summed E-state index contributed by atoms with van der Waals surface area (Å²) in [5.74, 6) is 0.898. The number of hydrogen-bond donors (Lipinski definition) is 0. The zero-order valence-corrected chi connectivity index (χ0v) is 20.8. The first-order valence-electron chi connectivity index (χ1n) is 12.1. The summed E-state index contributed by atoms with van der Waals surface area (Å²) in [7, 11) is 1.96. The van der Waals surface area contributed by atoms with Gasteiger partial charge in [-0.3, -0.25) is 4.79 Å². The molecule has 8 heteroatoms. The summed E-state index contributed by atoms with van der Waals surface area (Å²) in [5, 5.41) is 5.23. The molecule has 0 unspecified atom stereocenters. The lowest BCUT2D eigenvalue weighted by atomic mass is 10.2. The standard InChI is InChI=1S/C29H26N7O/c1-5-17-34-25(35(18-6-2)27-26(34)30-22-12-8-9-13-23(22)31-27)16-15-20-19(3)32-36-28(20)33(4)24-14-10-7-11-21(24)29(36)37/h5-16H,1-2,17-18H2,3-4H3/q+1. The van der Waals surface area contributed by atoms with Gasteiger partial charge in [0.2, 0.25) is 5.82 Å². The first kappa shape index (κ1) is 22.6. The summed E-state index contributed by atoms with van der Waals surface area (Å²) in [4.78, 5) is 23.1. The third kappa shape index (κ3) is 3.41. The molecule has 0 aliphatic carbocycles. The molecule has 6 rings (SSSR count). The van der Waals surface area contributed by atoms with Crippen LogP contribution in [0.25, 0.3) is 51.0 Å². The van der Waals surface area contributed by atoms with Gasteiger partial charge in [0.25, 0.3) is 11.2 Å². The van der Waals surface area contributed by atoms with Crippen LogP contribution in [-0.4, -0.2) is 28.7 Å². The van der Waals surface area contributed by atoms with Crippen molar-refractivity contribution in [3.8, 4) is 0 Å². The molecule has 182 valence electrons. The van der Waals surface area contributed by atoms with E-state index in [9.17, 15) is 4.79 Å². The van der Waals surface area contributed by atoms with E-state index >= 15 is 0 Å². The van der Waals surface area contributed by atoms with E-state index < -0.39 is 0 Å². The number of allylic oxidation sites excluding steroid dienone is 2. The number of imidazole rings is 1. The van der Waals surface area contributed by atoms with Crippen LogP contribution in [0.1, 0.15) is 17.1 Å². The van der Waals surface area contributed by atoms with Crippen molar-refractivity contribution in [1.29, 1.82) is 0 Å². The molecular weight excluding hydrogens is 462 g/mol. The van der Waals surface area contributed by atoms with Gasteiger partial charge in [-0.1, -0.05) is 54.6 Å². The van der Waals surface area contributed by atoms with Crippen LogP contribution in [0.15, 0.2) is 78.6 Å². The molecule has 37 heavy (non-hydrogen) atoms. The molecule has 0 saturated heterocycles. The molecule has 0 aliphatic rings. The predicted octanol–water partition coefficient (Wildman–Crippen LogP) is 4.22. The average Bonchev–Trinajstić information content (AvgIpc) is 3.39. The summed E-state index contributed by atoms with van der Waals surface area (Å²) >= 11 is 0. The number of nitrogens with zero attached hydrogens (tertiary/aromatic N) is 7. The van der Waals surface area contributed by atoms with E-state index in [2.05, 4.69) is 27.4 Å². The van der Waals surface area contributed by atoms with Crippen LogP contribution >= 0.6 is 0 Å². The Morgan fingerprint density at radius 1 is 0.973 bits per heavy atom. The Morgan fingerprint density at radius 3 is 2.46 bits per heavy atom. The van der Waals surface area contributed by atoms with E-state index in [1.807, 2.05) is 91.4 Å². The molecule has 8 nitrogen and oxygen atoms in total. The lowest BCUT2D eigenvalue weighted by molar-refractivity contribution is -0.665. The van der Waals surface area contributed by atoms with Gasteiger partial charge in [0.15, 0.2) is 5.52 Å². The van der Waals surface area contributed by atoms with Gasteiger partial charge in [-0.05, 0) is 37.3 Å². The van der Waals surface area contributed by atoms with Crippen molar-refractivity contribution in [1.82, 2.24) is 28.7 Å². The fraction of sp³-hybridized carbons (Fsp3) is 0.138. The molecule has 0 saturated carbocycles. The molecule has 0 N–H and O–H groups in total. The molecule has 0 spiro atoms. The van der Waals surface area contributed by atoms with Crippen molar-refractivity contribution >= 4 is 51.0 Å². The molecule has 6 aromatic rings.